The number of hydrogen-bond acceptors (Lipinski definition) is 2. The molecule has 1 saturated heterocycles. The van der Waals surface area contributed by atoms with Crippen molar-refractivity contribution < 1.29 is 0 Å². The van der Waals surface area contributed by atoms with Gasteiger partial charge in [-0.15, -0.1) is 0 Å². The second-order valence-corrected chi connectivity index (χ2v) is 5.42. The number of piperidine rings is 1. The molecule has 1 unspecified atom stereocenters. The van der Waals surface area contributed by atoms with E-state index in [9.17, 15) is 0 Å². The third kappa shape index (κ3) is 2.58. The number of aryl methyl sites for hydroxylation is 1. The van der Waals surface area contributed by atoms with Gasteiger partial charge in [-0.05, 0) is 44.5 Å². The number of anilines is 1. The lowest BCUT2D eigenvalue weighted by atomic mass is 10.0. The Kier molecular flexibility index (Phi) is 3.87. The van der Waals surface area contributed by atoms with Crippen LogP contribution in [0.1, 0.15) is 18.4 Å². The van der Waals surface area contributed by atoms with Crippen molar-refractivity contribution in [3.8, 4) is 0 Å². The predicted octanol–water partition coefficient (Wildman–Crippen LogP) is 2.95. The van der Waals surface area contributed by atoms with Crippen LogP contribution >= 0.6 is 15.9 Å². The van der Waals surface area contributed by atoms with Crippen LogP contribution in [0.4, 0.5) is 5.69 Å². The highest BCUT2D eigenvalue weighted by Gasteiger charge is 2.19. The lowest BCUT2D eigenvalue weighted by Gasteiger charge is -2.35. The minimum atomic E-state index is 0.632. The molecule has 1 aliphatic heterocycles. The maximum atomic E-state index is 3.55. The molecule has 16 heavy (non-hydrogen) atoms. The molecule has 3 heteroatoms. The predicted molar refractivity (Wildman–Crippen MR) is 73.2 cm³/mol. The van der Waals surface area contributed by atoms with Gasteiger partial charge in [0.1, 0.15) is 0 Å². The van der Waals surface area contributed by atoms with Gasteiger partial charge in [-0.1, -0.05) is 22.0 Å². The van der Waals surface area contributed by atoms with Gasteiger partial charge >= 0.3 is 0 Å². The molecule has 0 amide bonds. The molecule has 2 rings (SSSR count). The maximum Gasteiger partial charge on any atom is 0.0407 e. The lowest BCUT2D eigenvalue weighted by molar-refractivity contribution is 0.449. The normalized spacial score (nSPS) is 21.2. The molecular formula is C13H19BrN2. The van der Waals surface area contributed by atoms with Crippen molar-refractivity contribution in [1.29, 1.82) is 0 Å². The molecule has 1 aromatic rings. The maximum absolute atomic E-state index is 3.55. The molecule has 0 saturated carbocycles. The number of nitrogens with one attached hydrogen (secondary N) is 1. The van der Waals surface area contributed by atoms with E-state index in [0.717, 1.165) is 6.54 Å². The molecule has 1 fully saturated rings. The van der Waals surface area contributed by atoms with E-state index in [2.05, 4.69) is 58.3 Å². The topological polar surface area (TPSA) is 15.3 Å². The lowest BCUT2D eigenvalue weighted by Crippen LogP contribution is -2.44. The highest BCUT2D eigenvalue weighted by molar-refractivity contribution is 9.10. The van der Waals surface area contributed by atoms with Crippen LogP contribution in [0.5, 0.6) is 0 Å². The van der Waals surface area contributed by atoms with Gasteiger partial charge in [0.05, 0.1) is 0 Å². The molecule has 1 atom stereocenters. The Bertz CT molecular complexity index is 365. The van der Waals surface area contributed by atoms with Gasteiger partial charge in [0.15, 0.2) is 0 Å². The molecule has 88 valence electrons. The first kappa shape index (κ1) is 11.9. The third-order valence-electron chi connectivity index (χ3n) is 3.34. The van der Waals surface area contributed by atoms with E-state index >= 15 is 0 Å². The summed E-state index contributed by atoms with van der Waals surface area (Å²) in [6.45, 7) is 4.48. The van der Waals surface area contributed by atoms with Crippen molar-refractivity contribution in [3.05, 3.63) is 28.2 Å². The minimum Gasteiger partial charge on any atom is -0.370 e. The van der Waals surface area contributed by atoms with Gasteiger partial charge in [0, 0.05) is 29.3 Å². The van der Waals surface area contributed by atoms with Crippen LogP contribution in [0.25, 0.3) is 0 Å². The first-order chi connectivity index (χ1) is 7.70. The van der Waals surface area contributed by atoms with E-state index in [1.54, 1.807) is 0 Å². The van der Waals surface area contributed by atoms with E-state index in [4.69, 9.17) is 0 Å². The summed E-state index contributed by atoms with van der Waals surface area (Å²) in [4.78, 5) is 2.49. The average molecular weight is 283 g/mol. The van der Waals surface area contributed by atoms with Crippen LogP contribution in [0.2, 0.25) is 0 Å². The van der Waals surface area contributed by atoms with E-state index in [1.807, 2.05) is 0 Å². The Morgan fingerprint density at radius 3 is 3.00 bits per heavy atom. The molecule has 1 N–H and O–H groups in total. The first-order valence-electron chi connectivity index (χ1n) is 5.89. The zero-order valence-electron chi connectivity index (χ0n) is 9.96. The summed E-state index contributed by atoms with van der Waals surface area (Å²) in [6.07, 6.45) is 2.57. The number of halogens is 1. The quantitative estimate of drug-likeness (QED) is 0.897. The van der Waals surface area contributed by atoms with Crippen LogP contribution < -0.4 is 10.2 Å². The average Bonchev–Trinajstić information content (AvgIpc) is 2.32. The second-order valence-electron chi connectivity index (χ2n) is 4.50. The number of nitrogens with zero attached hydrogens (tertiary/aromatic N) is 1. The van der Waals surface area contributed by atoms with Gasteiger partial charge in [-0.25, -0.2) is 0 Å². The van der Waals surface area contributed by atoms with Gasteiger partial charge in [0.2, 0.25) is 0 Å². The largest absolute Gasteiger partial charge is 0.370 e. The van der Waals surface area contributed by atoms with Gasteiger partial charge in [0.25, 0.3) is 0 Å². The number of likely N-dealkylation sites (N-methyl/N-ethyl adjacent to an activating group) is 1. The molecule has 0 radical (unpaired) electrons. The standard InChI is InChI=1S/C13H19BrN2/c1-10-5-6-11(14)8-13(10)16-7-3-4-12(9-16)15-2/h5-6,8,12,15H,3-4,7,9H2,1-2H3. The molecule has 2 nitrogen and oxygen atoms in total. The molecule has 1 heterocycles. The van der Waals surface area contributed by atoms with E-state index in [1.165, 1.54) is 35.1 Å². The monoisotopic (exact) mass is 282 g/mol. The SMILES string of the molecule is CNC1CCCN(c2cc(Br)ccc2C)C1. The fourth-order valence-corrected chi connectivity index (χ4v) is 2.70. The number of benzene rings is 1. The Balaban J connectivity index is 2.19. The summed E-state index contributed by atoms with van der Waals surface area (Å²) < 4.78 is 1.17. The van der Waals surface area contributed by atoms with Crippen molar-refractivity contribution in [2.24, 2.45) is 0 Å². The smallest absolute Gasteiger partial charge is 0.0407 e. The van der Waals surface area contributed by atoms with Gasteiger partial charge in [-0.2, -0.15) is 0 Å². The van der Waals surface area contributed by atoms with Crippen LogP contribution in [0, 0.1) is 6.92 Å². The van der Waals surface area contributed by atoms with Crippen molar-refractivity contribution >= 4 is 21.6 Å². The van der Waals surface area contributed by atoms with E-state index in [-0.39, 0.29) is 0 Å². The molecular weight excluding hydrogens is 264 g/mol. The van der Waals surface area contributed by atoms with Crippen molar-refractivity contribution in [2.45, 2.75) is 25.8 Å². The Hall–Kier alpha value is -0.540. The summed E-state index contributed by atoms with van der Waals surface area (Å²) >= 11 is 3.55. The highest BCUT2D eigenvalue weighted by Crippen LogP contribution is 2.27. The minimum absolute atomic E-state index is 0.632. The van der Waals surface area contributed by atoms with Crippen LogP contribution in [0.3, 0.4) is 0 Å². The fourth-order valence-electron chi connectivity index (χ4n) is 2.35. The van der Waals surface area contributed by atoms with Gasteiger partial charge < -0.3 is 10.2 Å². The molecule has 0 bridgehead atoms. The van der Waals surface area contributed by atoms with Gasteiger partial charge in [-0.3, -0.25) is 0 Å². The summed E-state index contributed by atoms with van der Waals surface area (Å²) in [5.74, 6) is 0. The summed E-state index contributed by atoms with van der Waals surface area (Å²) in [6, 6.07) is 7.15. The van der Waals surface area contributed by atoms with Crippen LogP contribution in [-0.2, 0) is 0 Å². The van der Waals surface area contributed by atoms with E-state index in [0.29, 0.717) is 6.04 Å². The Morgan fingerprint density at radius 1 is 1.44 bits per heavy atom. The third-order valence-corrected chi connectivity index (χ3v) is 3.83. The van der Waals surface area contributed by atoms with Crippen molar-refractivity contribution in [2.75, 3.05) is 25.0 Å². The van der Waals surface area contributed by atoms with Crippen LogP contribution in [0.15, 0.2) is 22.7 Å². The molecule has 0 aliphatic carbocycles. The number of rotatable bonds is 2. The highest BCUT2D eigenvalue weighted by atomic mass is 79.9. The Morgan fingerprint density at radius 2 is 2.25 bits per heavy atom. The zero-order valence-corrected chi connectivity index (χ0v) is 11.5. The molecule has 0 spiro atoms. The van der Waals surface area contributed by atoms with Crippen molar-refractivity contribution in [1.82, 2.24) is 5.32 Å². The van der Waals surface area contributed by atoms with Crippen molar-refractivity contribution in [3.63, 3.8) is 0 Å². The van der Waals surface area contributed by atoms with Crippen LogP contribution in [-0.4, -0.2) is 26.2 Å². The summed E-state index contributed by atoms with van der Waals surface area (Å²) in [5, 5.41) is 3.38. The number of hydrogen-bond donors (Lipinski definition) is 1. The van der Waals surface area contributed by atoms with E-state index < -0.39 is 0 Å². The second kappa shape index (κ2) is 5.19. The summed E-state index contributed by atoms with van der Waals surface area (Å²) in [5.41, 5.74) is 2.73. The molecule has 1 aromatic carbocycles. The first-order valence-corrected chi connectivity index (χ1v) is 6.68. The fraction of sp³-hybridized carbons (Fsp3) is 0.538. The Labute approximate surface area is 106 Å². The zero-order chi connectivity index (χ0) is 11.5. The molecule has 1 aliphatic rings. The summed E-state index contributed by atoms with van der Waals surface area (Å²) in [7, 11) is 2.06. The molecule has 0 aromatic heterocycles.